The van der Waals surface area contributed by atoms with Crippen molar-refractivity contribution in [3.05, 3.63) is 23.2 Å². The standard InChI is InChI=1S/C6H6ClNS/c7-6-4(8)2-1-3-5(6)9/h1-3,9H,8H2. The maximum absolute atomic E-state index is 5.68. The van der Waals surface area contributed by atoms with E-state index >= 15 is 0 Å². The maximum atomic E-state index is 5.68. The molecule has 0 aliphatic rings. The number of rotatable bonds is 0. The number of hydrogen-bond donors (Lipinski definition) is 2. The first-order valence-corrected chi connectivity index (χ1v) is 3.27. The van der Waals surface area contributed by atoms with Gasteiger partial charge >= 0.3 is 0 Å². The Kier molecular flexibility index (Phi) is 1.88. The number of anilines is 1. The van der Waals surface area contributed by atoms with Gasteiger partial charge in [0, 0.05) is 4.90 Å². The van der Waals surface area contributed by atoms with Crippen LogP contribution < -0.4 is 5.73 Å². The molecule has 48 valence electrons. The predicted octanol–water partition coefficient (Wildman–Crippen LogP) is 2.21. The third kappa shape index (κ3) is 1.32. The average molecular weight is 160 g/mol. The van der Waals surface area contributed by atoms with E-state index in [9.17, 15) is 0 Å². The third-order valence-electron chi connectivity index (χ3n) is 1.01. The molecule has 1 aromatic carbocycles. The molecule has 2 N–H and O–H groups in total. The van der Waals surface area contributed by atoms with Gasteiger partial charge in [0.1, 0.15) is 0 Å². The highest BCUT2D eigenvalue weighted by atomic mass is 35.5. The summed E-state index contributed by atoms with van der Waals surface area (Å²) >= 11 is 9.73. The largest absolute Gasteiger partial charge is 0.397 e. The van der Waals surface area contributed by atoms with Crippen LogP contribution in [0.15, 0.2) is 23.1 Å². The molecule has 0 bridgehead atoms. The van der Waals surface area contributed by atoms with E-state index in [0.29, 0.717) is 10.7 Å². The first-order valence-electron chi connectivity index (χ1n) is 2.45. The van der Waals surface area contributed by atoms with Crippen molar-refractivity contribution in [1.29, 1.82) is 0 Å². The zero-order valence-corrected chi connectivity index (χ0v) is 6.28. The van der Waals surface area contributed by atoms with E-state index in [1.54, 1.807) is 12.1 Å². The lowest BCUT2D eigenvalue weighted by Gasteiger charge is -1.97. The fourth-order valence-corrected chi connectivity index (χ4v) is 0.878. The SMILES string of the molecule is Nc1cccc(S)c1Cl. The van der Waals surface area contributed by atoms with Crippen molar-refractivity contribution in [2.24, 2.45) is 0 Å². The summed E-state index contributed by atoms with van der Waals surface area (Å²) in [6, 6.07) is 5.34. The summed E-state index contributed by atoms with van der Waals surface area (Å²) in [6.45, 7) is 0. The van der Waals surface area contributed by atoms with Crippen LogP contribution in [0.5, 0.6) is 0 Å². The number of nitrogen functional groups attached to an aromatic ring is 1. The summed E-state index contributed by atoms with van der Waals surface area (Å²) in [5.74, 6) is 0. The van der Waals surface area contributed by atoms with Gasteiger partial charge in [0.15, 0.2) is 0 Å². The summed E-state index contributed by atoms with van der Waals surface area (Å²) in [6.07, 6.45) is 0. The lowest BCUT2D eigenvalue weighted by molar-refractivity contribution is 1.48. The fraction of sp³-hybridized carbons (Fsp3) is 0. The molecule has 0 atom stereocenters. The van der Waals surface area contributed by atoms with Crippen molar-refractivity contribution in [1.82, 2.24) is 0 Å². The number of hydrogen-bond acceptors (Lipinski definition) is 2. The second-order valence-electron chi connectivity index (χ2n) is 1.68. The Morgan fingerprint density at radius 1 is 1.44 bits per heavy atom. The van der Waals surface area contributed by atoms with Crippen molar-refractivity contribution in [2.45, 2.75) is 4.90 Å². The topological polar surface area (TPSA) is 26.0 Å². The van der Waals surface area contributed by atoms with Gasteiger partial charge in [-0.3, -0.25) is 0 Å². The Balaban J connectivity index is 3.25. The normalized spacial score (nSPS) is 9.56. The molecule has 0 unspecified atom stereocenters. The summed E-state index contributed by atoms with van der Waals surface area (Å²) in [4.78, 5) is 0.719. The van der Waals surface area contributed by atoms with Gasteiger partial charge in [0.05, 0.1) is 10.7 Å². The van der Waals surface area contributed by atoms with Gasteiger partial charge in [-0.2, -0.15) is 0 Å². The van der Waals surface area contributed by atoms with Gasteiger partial charge in [-0.05, 0) is 12.1 Å². The van der Waals surface area contributed by atoms with Gasteiger partial charge in [-0.15, -0.1) is 12.6 Å². The summed E-state index contributed by atoms with van der Waals surface area (Å²) in [7, 11) is 0. The van der Waals surface area contributed by atoms with Gasteiger partial charge in [0.25, 0.3) is 0 Å². The molecule has 9 heavy (non-hydrogen) atoms. The van der Waals surface area contributed by atoms with Crippen LogP contribution in [0.25, 0.3) is 0 Å². The van der Waals surface area contributed by atoms with E-state index < -0.39 is 0 Å². The Morgan fingerprint density at radius 2 is 2.11 bits per heavy atom. The molecule has 0 spiro atoms. The second kappa shape index (κ2) is 2.50. The van der Waals surface area contributed by atoms with Gasteiger partial charge < -0.3 is 5.73 Å². The highest BCUT2D eigenvalue weighted by Crippen LogP contribution is 2.25. The van der Waals surface area contributed by atoms with Crippen molar-refractivity contribution < 1.29 is 0 Å². The second-order valence-corrected chi connectivity index (χ2v) is 2.54. The van der Waals surface area contributed by atoms with Gasteiger partial charge in [-0.25, -0.2) is 0 Å². The molecule has 0 aromatic heterocycles. The monoisotopic (exact) mass is 159 g/mol. The first-order chi connectivity index (χ1) is 4.22. The Bertz CT molecular complexity index is 204. The minimum Gasteiger partial charge on any atom is -0.397 e. The molecule has 0 aliphatic carbocycles. The average Bonchev–Trinajstić information content (AvgIpc) is 1.83. The highest BCUT2D eigenvalue weighted by Gasteiger charge is 1.96. The molecule has 0 heterocycles. The van der Waals surface area contributed by atoms with E-state index in [0.717, 1.165) is 4.90 Å². The van der Waals surface area contributed by atoms with Crippen molar-refractivity contribution in [3.63, 3.8) is 0 Å². The van der Waals surface area contributed by atoms with Crippen LogP contribution in [0.2, 0.25) is 5.02 Å². The predicted molar refractivity (Wildman–Crippen MR) is 43.1 cm³/mol. The van der Waals surface area contributed by atoms with Crippen molar-refractivity contribution >= 4 is 29.9 Å². The molecule has 1 nitrogen and oxygen atoms in total. The molecule has 0 saturated heterocycles. The van der Waals surface area contributed by atoms with E-state index in [4.69, 9.17) is 17.3 Å². The molecular weight excluding hydrogens is 154 g/mol. The van der Waals surface area contributed by atoms with E-state index in [1.165, 1.54) is 0 Å². The van der Waals surface area contributed by atoms with Gasteiger partial charge in [0.2, 0.25) is 0 Å². The molecule has 1 aromatic rings. The Morgan fingerprint density at radius 3 is 2.56 bits per heavy atom. The smallest absolute Gasteiger partial charge is 0.0768 e. The van der Waals surface area contributed by atoms with Crippen LogP contribution in [-0.2, 0) is 0 Å². The molecule has 0 saturated carbocycles. The van der Waals surface area contributed by atoms with Crippen LogP contribution in [-0.4, -0.2) is 0 Å². The summed E-state index contributed by atoms with van der Waals surface area (Å²) in [5, 5.41) is 0.529. The van der Waals surface area contributed by atoms with Crippen LogP contribution in [0, 0.1) is 0 Å². The van der Waals surface area contributed by atoms with E-state index in [-0.39, 0.29) is 0 Å². The zero-order chi connectivity index (χ0) is 6.85. The number of halogens is 1. The molecule has 0 fully saturated rings. The number of thiol groups is 1. The minimum atomic E-state index is 0.529. The van der Waals surface area contributed by atoms with E-state index in [2.05, 4.69) is 12.6 Å². The number of benzene rings is 1. The quantitative estimate of drug-likeness (QED) is 0.441. The molecule has 0 aliphatic heterocycles. The highest BCUT2D eigenvalue weighted by molar-refractivity contribution is 7.80. The van der Waals surface area contributed by atoms with Crippen molar-refractivity contribution in [2.75, 3.05) is 5.73 Å². The fourth-order valence-electron chi connectivity index (χ4n) is 0.537. The summed E-state index contributed by atoms with van der Waals surface area (Å²) < 4.78 is 0. The minimum absolute atomic E-state index is 0.529. The lowest BCUT2D eigenvalue weighted by Crippen LogP contribution is -1.84. The van der Waals surface area contributed by atoms with Crippen LogP contribution in [0.1, 0.15) is 0 Å². The third-order valence-corrected chi connectivity index (χ3v) is 1.93. The van der Waals surface area contributed by atoms with Crippen LogP contribution in [0.3, 0.4) is 0 Å². The Hall–Kier alpha value is -0.340. The van der Waals surface area contributed by atoms with Crippen molar-refractivity contribution in [3.8, 4) is 0 Å². The van der Waals surface area contributed by atoms with E-state index in [1.807, 2.05) is 6.07 Å². The van der Waals surface area contributed by atoms with Crippen LogP contribution >= 0.6 is 24.2 Å². The van der Waals surface area contributed by atoms with Crippen LogP contribution in [0.4, 0.5) is 5.69 Å². The lowest BCUT2D eigenvalue weighted by atomic mass is 10.3. The summed E-state index contributed by atoms with van der Waals surface area (Å²) in [5.41, 5.74) is 6.01. The number of nitrogens with two attached hydrogens (primary N) is 1. The molecule has 3 heteroatoms. The Labute approximate surface area is 64.2 Å². The maximum Gasteiger partial charge on any atom is 0.0768 e. The zero-order valence-electron chi connectivity index (χ0n) is 4.63. The molecule has 0 amide bonds. The molecular formula is C6H6ClNS. The molecule has 1 rings (SSSR count). The first kappa shape index (κ1) is 6.78. The van der Waals surface area contributed by atoms with Gasteiger partial charge in [-0.1, -0.05) is 17.7 Å². The molecule has 0 radical (unpaired) electrons.